The standard InChI is InChI=1S/C19H16N2O2S/c22-18-17(24-19-20-9-10-21(18)19)12-15-7-4-8-16(11-15)23-13-14-5-2-1-3-6-14/h1-8,11-12H,9-10,13H2. The van der Waals surface area contributed by atoms with Gasteiger partial charge in [0.2, 0.25) is 0 Å². The van der Waals surface area contributed by atoms with Crippen molar-refractivity contribution in [3.63, 3.8) is 0 Å². The average Bonchev–Trinajstić information content (AvgIpc) is 3.18. The predicted octanol–water partition coefficient (Wildman–Crippen LogP) is 1.95. The Labute approximate surface area is 143 Å². The molecule has 4 nitrogen and oxygen atoms in total. The van der Waals surface area contributed by atoms with Crippen molar-refractivity contribution in [2.75, 3.05) is 6.54 Å². The van der Waals surface area contributed by atoms with Gasteiger partial charge in [-0.05, 0) is 29.3 Å². The maximum absolute atomic E-state index is 12.3. The van der Waals surface area contributed by atoms with E-state index in [4.69, 9.17) is 4.74 Å². The number of benzene rings is 2. The Balaban J connectivity index is 1.59. The molecule has 0 N–H and O–H groups in total. The van der Waals surface area contributed by atoms with E-state index in [0.717, 1.165) is 21.7 Å². The second-order valence-corrected chi connectivity index (χ2v) is 6.59. The number of aromatic nitrogens is 1. The number of rotatable bonds is 4. The summed E-state index contributed by atoms with van der Waals surface area (Å²) in [7, 11) is 0. The second-order valence-electron chi connectivity index (χ2n) is 5.58. The molecule has 0 saturated carbocycles. The lowest BCUT2D eigenvalue weighted by molar-refractivity contribution is 0.306. The summed E-state index contributed by atoms with van der Waals surface area (Å²) in [6.45, 7) is 1.93. The summed E-state index contributed by atoms with van der Waals surface area (Å²) in [6.07, 6.45) is 1.91. The van der Waals surface area contributed by atoms with Gasteiger partial charge in [-0.1, -0.05) is 53.8 Å². The molecule has 3 aromatic rings. The Morgan fingerprint density at radius 2 is 2.04 bits per heavy atom. The zero-order valence-corrected chi connectivity index (χ0v) is 13.8. The molecule has 0 aliphatic carbocycles. The molecular weight excluding hydrogens is 320 g/mol. The molecule has 0 bridgehead atoms. The van der Waals surface area contributed by atoms with E-state index in [0.29, 0.717) is 24.2 Å². The van der Waals surface area contributed by atoms with Crippen LogP contribution in [0.5, 0.6) is 5.75 Å². The summed E-state index contributed by atoms with van der Waals surface area (Å²) in [5, 5.41) is 0. The van der Waals surface area contributed by atoms with Crippen molar-refractivity contribution in [2.45, 2.75) is 13.2 Å². The molecule has 2 aromatic carbocycles. The Kier molecular flexibility index (Phi) is 4.01. The quantitative estimate of drug-likeness (QED) is 0.731. The molecule has 0 amide bonds. The van der Waals surface area contributed by atoms with Crippen LogP contribution in [0.2, 0.25) is 0 Å². The van der Waals surface area contributed by atoms with E-state index in [-0.39, 0.29) is 5.56 Å². The molecule has 1 aromatic heterocycles. The van der Waals surface area contributed by atoms with Crippen LogP contribution in [0.25, 0.3) is 6.08 Å². The largest absolute Gasteiger partial charge is 0.489 e. The van der Waals surface area contributed by atoms with Gasteiger partial charge in [0.05, 0.1) is 11.1 Å². The van der Waals surface area contributed by atoms with Crippen LogP contribution in [0.15, 0.2) is 64.4 Å². The summed E-state index contributed by atoms with van der Waals surface area (Å²) in [6, 6.07) is 17.8. The lowest BCUT2D eigenvalue weighted by Crippen LogP contribution is -2.29. The van der Waals surface area contributed by atoms with Gasteiger partial charge in [0.1, 0.15) is 12.4 Å². The van der Waals surface area contributed by atoms with Gasteiger partial charge < -0.3 is 4.74 Å². The minimum atomic E-state index is 0.0480. The van der Waals surface area contributed by atoms with Crippen LogP contribution in [0, 0.1) is 0 Å². The molecule has 120 valence electrons. The van der Waals surface area contributed by atoms with Crippen molar-refractivity contribution in [1.29, 1.82) is 0 Å². The average molecular weight is 336 g/mol. The molecule has 24 heavy (non-hydrogen) atoms. The number of thiazole rings is 1. The van der Waals surface area contributed by atoms with Gasteiger partial charge in [-0.15, -0.1) is 0 Å². The van der Waals surface area contributed by atoms with Crippen LogP contribution in [0.3, 0.4) is 0 Å². The fraction of sp³-hybridized carbons (Fsp3) is 0.158. The van der Waals surface area contributed by atoms with Crippen molar-refractivity contribution in [2.24, 2.45) is 4.99 Å². The Bertz CT molecular complexity index is 1040. The minimum absolute atomic E-state index is 0.0480. The highest BCUT2D eigenvalue weighted by atomic mass is 32.1. The van der Waals surface area contributed by atoms with E-state index < -0.39 is 0 Å². The first-order chi connectivity index (χ1) is 11.8. The number of hydrogen-bond donors (Lipinski definition) is 0. The van der Waals surface area contributed by atoms with Gasteiger partial charge in [-0.2, -0.15) is 0 Å². The van der Waals surface area contributed by atoms with Crippen molar-refractivity contribution in [3.05, 3.63) is 85.4 Å². The zero-order chi connectivity index (χ0) is 16.4. The fourth-order valence-corrected chi connectivity index (χ4v) is 3.68. The molecule has 5 heteroatoms. The number of hydrogen-bond acceptors (Lipinski definition) is 4. The SMILES string of the molecule is O=c1c(=Cc2cccc(OCc3ccccc3)c2)sc2n1CCN=2. The van der Waals surface area contributed by atoms with Crippen LogP contribution in [0.4, 0.5) is 0 Å². The van der Waals surface area contributed by atoms with Crippen LogP contribution in [-0.4, -0.2) is 11.1 Å². The maximum Gasteiger partial charge on any atom is 0.270 e. The highest BCUT2D eigenvalue weighted by Crippen LogP contribution is 2.15. The smallest absolute Gasteiger partial charge is 0.270 e. The first-order valence-electron chi connectivity index (χ1n) is 7.82. The molecule has 0 fully saturated rings. The van der Waals surface area contributed by atoms with Crippen molar-refractivity contribution in [3.8, 4) is 5.75 Å². The van der Waals surface area contributed by atoms with Gasteiger partial charge >= 0.3 is 0 Å². The van der Waals surface area contributed by atoms with Crippen LogP contribution in [-0.2, 0) is 13.2 Å². The second kappa shape index (κ2) is 6.45. The maximum atomic E-state index is 12.3. The molecule has 0 saturated heterocycles. The third-order valence-corrected chi connectivity index (χ3v) is 4.91. The summed E-state index contributed by atoms with van der Waals surface area (Å²) in [4.78, 5) is 17.5. The normalized spacial score (nSPS) is 13.6. The molecule has 1 aliphatic rings. The summed E-state index contributed by atoms with van der Waals surface area (Å²) in [5.41, 5.74) is 2.13. The van der Waals surface area contributed by atoms with E-state index >= 15 is 0 Å². The Morgan fingerprint density at radius 1 is 1.17 bits per heavy atom. The van der Waals surface area contributed by atoms with Crippen LogP contribution < -0.4 is 19.6 Å². The van der Waals surface area contributed by atoms with Crippen molar-refractivity contribution < 1.29 is 4.74 Å². The molecule has 2 heterocycles. The van der Waals surface area contributed by atoms with Gasteiger partial charge in [0, 0.05) is 6.54 Å². The fourth-order valence-electron chi connectivity index (χ4n) is 2.66. The van der Waals surface area contributed by atoms with Gasteiger partial charge in [-0.25, -0.2) is 0 Å². The highest BCUT2D eigenvalue weighted by molar-refractivity contribution is 7.07. The monoisotopic (exact) mass is 336 g/mol. The minimum Gasteiger partial charge on any atom is -0.489 e. The van der Waals surface area contributed by atoms with E-state index in [9.17, 15) is 4.79 Å². The third-order valence-electron chi connectivity index (χ3n) is 3.86. The third kappa shape index (κ3) is 3.03. The summed E-state index contributed by atoms with van der Waals surface area (Å²) in [5.74, 6) is 0.793. The molecule has 0 spiro atoms. The molecular formula is C19H16N2O2S. The molecule has 4 rings (SSSR count). The lowest BCUT2D eigenvalue weighted by Gasteiger charge is -2.06. The van der Waals surface area contributed by atoms with Crippen LogP contribution >= 0.6 is 11.3 Å². The topological polar surface area (TPSA) is 43.6 Å². The number of nitrogens with zero attached hydrogens (tertiary/aromatic N) is 2. The molecule has 1 aliphatic heterocycles. The molecule has 0 unspecified atom stereocenters. The summed E-state index contributed by atoms with van der Waals surface area (Å²) < 4.78 is 8.30. The van der Waals surface area contributed by atoms with Gasteiger partial charge in [0.25, 0.3) is 5.56 Å². The van der Waals surface area contributed by atoms with E-state index in [2.05, 4.69) is 4.99 Å². The van der Waals surface area contributed by atoms with Gasteiger partial charge in [-0.3, -0.25) is 14.4 Å². The molecule has 0 radical (unpaired) electrons. The van der Waals surface area contributed by atoms with Crippen molar-refractivity contribution in [1.82, 2.24) is 4.57 Å². The predicted molar refractivity (Wildman–Crippen MR) is 95.0 cm³/mol. The number of ether oxygens (including phenoxy) is 1. The zero-order valence-electron chi connectivity index (χ0n) is 13.0. The Morgan fingerprint density at radius 3 is 2.88 bits per heavy atom. The molecule has 0 atom stereocenters. The van der Waals surface area contributed by atoms with Gasteiger partial charge in [0.15, 0.2) is 4.80 Å². The number of fused-ring (bicyclic) bond motifs is 1. The highest BCUT2D eigenvalue weighted by Gasteiger charge is 2.09. The first kappa shape index (κ1) is 14.9. The van der Waals surface area contributed by atoms with Crippen LogP contribution in [0.1, 0.15) is 11.1 Å². The Hall–Kier alpha value is -2.66. The lowest BCUT2D eigenvalue weighted by atomic mass is 10.2. The van der Waals surface area contributed by atoms with E-state index in [1.807, 2.05) is 60.7 Å². The summed E-state index contributed by atoms with van der Waals surface area (Å²) >= 11 is 1.45. The van der Waals surface area contributed by atoms with Crippen molar-refractivity contribution >= 4 is 17.4 Å². The first-order valence-corrected chi connectivity index (χ1v) is 8.64. The van der Waals surface area contributed by atoms with E-state index in [1.165, 1.54) is 11.3 Å². The van der Waals surface area contributed by atoms with E-state index in [1.54, 1.807) is 4.57 Å².